The summed E-state index contributed by atoms with van der Waals surface area (Å²) < 4.78 is 26.7. The van der Waals surface area contributed by atoms with Gasteiger partial charge in [0.2, 0.25) is 5.91 Å². The van der Waals surface area contributed by atoms with Crippen molar-refractivity contribution in [3.8, 4) is 0 Å². The number of rotatable bonds is 4. The van der Waals surface area contributed by atoms with Gasteiger partial charge >= 0.3 is 0 Å². The van der Waals surface area contributed by atoms with Crippen molar-refractivity contribution < 1.29 is 23.2 Å². The van der Waals surface area contributed by atoms with Gasteiger partial charge in [0, 0.05) is 11.8 Å². The smallest absolute Gasteiger partial charge is 0.263 e. The Balaban J connectivity index is 1.49. The summed E-state index contributed by atoms with van der Waals surface area (Å²) in [6, 6.07) is 7.60. The van der Waals surface area contributed by atoms with Crippen LogP contribution in [-0.2, 0) is 14.4 Å². The van der Waals surface area contributed by atoms with Crippen LogP contribution in [0.25, 0.3) is 0 Å². The molecule has 10 heteroatoms. The lowest BCUT2D eigenvalue weighted by atomic mass is 10.1. The molecule has 1 fully saturated rings. The maximum atomic E-state index is 13.5. The number of carbonyl (C=O) groups is 3. The Labute approximate surface area is 163 Å². The molecule has 0 aliphatic carbocycles. The van der Waals surface area contributed by atoms with E-state index in [1.807, 2.05) is 19.1 Å². The highest BCUT2D eigenvalue weighted by atomic mass is 19.2. The van der Waals surface area contributed by atoms with Crippen LogP contribution >= 0.6 is 0 Å². The highest BCUT2D eigenvalue weighted by Gasteiger charge is 2.55. The maximum absolute atomic E-state index is 13.5. The van der Waals surface area contributed by atoms with Gasteiger partial charge in [-0.05, 0) is 31.2 Å². The zero-order valence-electron chi connectivity index (χ0n) is 15.2. The van der Waals surface area contributed by atoms with Crippen molar-refractivity contribution in [2.24, 2.45) is 10.3 Å². The molecule has 2 aliphatic rings. The van der Waals surface area contributed by atoms with Gasteiger partial charge in [0.05, 0.1) is 5.69 Å². The second kappa shape index (κ2) is 7.04. The quantitative estimate of drug-likeness (QED) is 0.798. The number of anilines is 2. The van der Waals surface area contributed by atoms with Gasteiger partial charge < -0.3 is 5.32 Å². The summed E-state index contributed by atoms with van der Waals surface area (Å²) in [6.07, 6.45) is 0. The largest absolute Gasteiger partial charge is 0.324 e. The first-order valence-electron chi connectivity index (χ1n) is 8.72. The van der Waals surface area contributed by atoms with E-state index in [0.29, 0.717) is 5.69 Å². The number of carbonyl (C=O) groups excluding carboxylic acids is 3. The van der Waals surface area contributed by atoms with Gasteiger partial charge in [-0.15, -0.1) is 0 Å². The summed E-state index contributed by atoms with van der Waals surface area (Å²) in [5, 5.41) is 11.4. The number of aryl methyl sites for hydroxylation is 1. The van der Waals surface area contributed by atoms with Crippen molar-refractivity contribution in [3.05, 3.63) is 59.7 Å². The second-order valence-electron chi connectivity index (χ2n) is 6.72. The van der Waals surface area contributed by atoms with Crippen LogP contribution in [0, 0.1) is 18.6 Å². The van der Waals surface area contributed by atoms with Crippen molar-refractivity contribution in [3.63, 3.8) is 0 Å². The molecule has 0 bridgehead atoms. The van der Waals surface area contributed by atoms with E-state index in [-0.39, 0.29) is 12.2 Å². The van der Waals surface area contributed by atoms with Gasteiger partial charge in [-0.25, -0.2) is 13.7 Å². The Morgan fingerprint density at radius 1 is 1.07 bits per heavy atom. The average molecular weight is 399 g/mol. The van der Waals surface area contributed by atoms with Crippen LogP contribution < -0.4 is 10.2 Å². The van der Waals surface area contributed by atoms with Crippen LogP contribution in [0.1, 0.15) is 5.56 Å². The number of nitrogens with zero attached hydrogens (tertiary/aromatic N) is 4. The Kier molecular flexibility index (Phi) is 4.53. The summed E-state index contributed by atoms with van der Waals surface area (Å²) in [5.41, 5.74) is 1.50. The summed E-state index contributed by atoms with van der Waals surface area (Å²) in [4.78, 5) is 38.4. The Morgan fingerprint density at radius 2 is 1.79 bits per heavy atom. The fraction of sp³-hybridized carbons (Fsp3) is 0.211. The first-order chi connectivity index (χ1) is 13.8. The molecule has 2 aliphatic heterocycles. The van der Waals surface area contributed by atoms with Crippen LogP contribution in [-0.4, -0.2) is 41.4 Å². The van der Waals surface area contributed by atoms with E-state index >= 15 is 0 Å². The highest BCUT2D eigenvalue weighted by molar-refractivity contribution is 6.25. The molecule has 2 aromatic rings. The van der Waals surface area contributed by atoms with Crippen LogP contribution in [0.3, 0.4) is 0 Å². The molecule has 0 aromatic heterocycles. The van der Waals surface area contributed by atoms with Crippen molar-refractivity contribution >= 4 is 29.1 Å². The van der Waals surface area contributed by atoms with Gasteiger partial charge in [-0.1, -0.05) is 22.9 Å². The minimum absolute atomic E-state index is 0.104. The summed E-state index contributed by atoms with van der Waals surface area (Å²) in [7, 11) is 0. The minimum Gasteiger partial charge on any atom is -0.324 e. The van der Waals surface area contributed by atoms with E-state index in [1.165, 1.54) is 0 Å². The lowest BCUT2D eigenvalue weighted by molar-refractivity contribution is -0.123. The number of imide groups is 1. The lowest BCUT2D eigenvalue weighted by Gasteiger charge is -2.20. The number of fused-ring (bicyclic) bond motifs is 1. The molecule has 3 amide bonds. The molecule has 148 valence electrons. The first kappa shape index (κ1) is 18.7. The van der Waals surface area contributed by atoms with Crippen LogP contribution in [0.4, 0.5) is 20.2 Å². The zero-order valence-corrected chi connectivity index (χ0v) is 15.2. The van der Waals surface area contributed by atoms with Gasteiger partial charge in [0.15, 0.2) is 23.7 Å². The van der Waals surface area contributed by atoms with E-state index in [1.54, 1.807) is 12.1 Å². The highest BCUT2D eigenvalue weighted by Crippen LogP contribution is 2.32. The number of nitrogens with one attached hydrogen (secondary N) is 1. The average Bonchev–Trinajstić information content (AvgIpc) is 3.20. The van der Waals surface area contributed by atoms with Gasteiger partial charge in [0.25, 0.3) is 11.8 Å². The van der Waals surface area contributed by atoms with E-state index in [2.05, 4.69) is 15.7 Å². The third-order valence-electron chi connectivity index (χ3n) is 4.66. The number of hydrogen-bond donors (Lipinski definition) is 1. The molecular weight excluding hydrogens is 384 g/mol. The molecule has 4 rings (SSSR count). The topological polar surface area (TPSA) is 94.4 Å². The number of amides is 3. The first-order valence-corrected chi connectivity index (χ1v) is 8.72. The number of benzene rings is 2. The molecule has 8 nitrogen and oxygen atoms in total. The Hall–Kier alpha value is -3.69. The van der Waals surface area contributed by atoms with Crippen LogP contribution in [0.2, 0.25) is 0 Å². The van der Waals surface area contributed by atoms with Gasteiger partial charge in [-0.3, -0.25) is 19.4 Å². The third kappa shape index (κ3) is 3.33. The monoisotopic (exact) mass is 399 g/mol. The predicted octanol–water partition coefficient (Wildman–Crippen LogP) is 2.21. The molecule has 2 aromatic carbocycles. The fourth-order valence-corrected chi connectivity index (χ4v) is 3.22. The number of halogens is 2. The normalized spacial score (nSPS) is 20.4. The fourth-order valence-electron chi connectivity index (χ4n) is 3.22. The molecule has 0 saturated carbocycles. The van der Waals surface area contributed by atoms with Crippen molar-refractivity contribution in [1.29, 1.82) is 0 Å². The zero-order chi connectivity index (χ0) is 20.7. The maximum Gasteiger partial charge on any atom is 0.263 e. The Morgan fingerprint density at radius 3 is 2.48 bits per heavy atom. The molecule has 2 unspecified atom stereocenters. The van der Waals surface area contributed by atoms with Crippen molar-refractivity contribution in [2.45, 2.75) is 19.0 Å². The molecule has 0 radical (unpaired) electrons. The van der Waals surface area contributed by atoms with Crippen LogP contribution in [0.15, 0.2) is 52.8 Å². The summed E-state index contributed by atoms with van der Waals surface area (Å²) in [5.74, 6) is -4.14. The second-order valence-corrected chi connectivity index (χ2v) is 6.72. The van der Waals surface area contributed by atoms with Gasteiger partial charge in [0.1, 0.15) is 6.54 Å². The molecular formula is C19H15F2N5O3. The number of hydrogen-bond acceptors (Lipinski definition) is 6. The van der Waals surface area contributed by atoms with Crippen molar-refractivity contribution in [1.82, 2.24) is 5.01 Å². The van der Waals surface area contributed by atoms with Crippen molar-refractivity contribution in [2.75, 3.05) is 16.8 Å². The van der Waals surface area contributed by atoms with E-state index in [4.69, 9.17) is 0 Å². The standard InChI is InChI=1S/C19H15F2N5O3/c1-10-2-4-11(5-3-10)22-15(27)9-25-17-16(23-24-25)18(28)26(19(17)29)12-6-7-13(20)14(21)8-12/h2-8,16-17H,9H2,1H3,(H,22,27). The molecule has 29 heavy (non-hydrogen) atoms. The molecule has 1 saturated heterocycles. The molecule has 1 N–H and O–H groups in total. The Bertz CT molecular complexity index is 1040. The summed E-state index contributed by atoms with van der Waals surface area (Å²) >= 11 is 0. The van der Waals surface area contributed by atoms with Gasteiger partial charge in [-0.2, -0.15) is 5.11 Å². The molecule has 0 spiro atoms. The predicted molar refractivity (Wildman–Crippen MR) is 97.8 cm³/mol. The van der Waals surface area contributed by atoms with E-state index in [0.717, 1.165) is 33.7 Å². The molecule has 2 heterocycles. The van der Waals surface area contributed by atoms with Crippen LogP contribution in [0.5, 0.6) is 0 Å². The van der Waals surface area contributed by atoms with E-state index < -0.39 is 41.4 Å². The summed E-state index contributed by atoms with van der Waals surface area (Å²) in [6.45, 7) is 1.61. The minimum atomic E-state index is -1.18. The third-order valence-corrected chi connectivity index (χ3v) is 4.66. The lowest BCUT2D eigenvalue weighted by Crippen LogP contribution is -2.43. The SMILES string of the molecule is Cc1ccc(NC(=O)CN2N=NC3C(=O)N(c4ccc(F)c(F)c4)C(=O)C32)cc1. The molecule has 2 atom stereocenters. The van der Waals surface area contributed by atoms with E-state index in [9.17, 15) is 23.2 Å².